The summed E-state index contributed by atoms with van der Waals surface area (Å²) in [5.74, 6) is 0.636. The fourth-order valence-corrected chi connectivity index (χ4v) is 2.55. The van der Waals surface area contributed by atoms with Crippen molar-refractivity contribution in [1.82, 2.24) is 15.6 Å². The molecule has 2 amide bonds. The number of carbonyl (C=O) groups excluding carboxylic acids is 1. The summed E-state index contributed by atoms with van der Waals surface area (Å²) in [7, 11) is 1.52. The van der Waals surface area contributed by atoms with Crippen LogP contribution < -0.4 is 15.4 Å². The number of urea groups is 1. The predicted octanol–water partition coefficient (Wildman–Crippen LogP) is 2.78. The maximum atomic E-state index is 11.2. The number of para-hydroxylation sites is 1. The Balaban J connectivity index is 1.63. The fourth-order valence-electron chi connectivity index (χ4n) is 2.55. The van der Waals surface area contributed by atoms with Crippen LogP contribution in [0, 0.1) is 0 Å². The van der Waals surface area contributed by atoms with Gasteiger partial charge in [-0.05, 0) is 29.8 Å². The molecule has 3 N–H and O–H groups in total. The van der Waals surface area contributed by atoms with Gasteiger partial charge in [-0.1, -0.05) is 36.4 Å². The van der Waals surface area contributed by atoms with Gasteiger partial charge in [0.25, 0.3) is 0 Å². The van der Waals surface area contributed by atoms with Gasteiger partial charge in [-0.3, -0.25) is 0 Å². The highest BCUT2D eigenvalue weighted by Gasteiger charge is 2.10. The van der Waals surface area contributed by atoms with E-state index in [1.165, 1.54) is 7.05 Å². The Morgan fingerprint density at radius 1 is 1.15 bits per heavy atom. The Morgan fingerprint density at radius 3 is 2.85 bits per heavy atom. The quantitative estimate of drug-likeness (QED) is 0.638. The lowest BCUT2D eigenvalue weighted by Gasteiger charge is -2.14. The van der Waals surface area contributed by atoms with Gasteiger partial charge in [0, 0.05) is 19.0 Å². The summed E-state index contributed by atoms with van der Waals surface area (Å²) in [6, 6.07) is 18.7. The van der Waals surface area contributed by atoms with E-state index in [0.717, 1.165) is 16.6 Å². The number of nitrogens with one attached hydrogen (secondary N) is 2. The number of benzene rings is 2. The van der Waals surface area contributed by atoms with Crippen LogP contribution in [0.1, 0.15) is 17.4 Å². The molecule has 0 saturated heterocycles. The van der Waals surface area contributed by atoms with Gasteiger partial charge in [-0.15, -0.1) is 0 Å². The highest BCUT2D eigenvalue weighted by atomic mass is 16.5. The van der Waals surface area contributed by atoms with Crippen LogP contribution >= 0.6 is 0 Å². The SMILES string of the molecule is CNC(=O)NCC(O)c1cccc(OCc2ccc3ccccc3n2)c1. The van der Waals surface area contributed by atoms with E-state index in [9.17, 15) is 9.90 Å². The Labute approximate surface area is 151 Å². The summed E-state index contributed by atoms with van der Waals surface area (Å²) < 4.78 is 5.81. The Hall–Kier alpha value is -3.12. The first-order valence-corrected chi connectivity index (χ1v) is 8.37. The van der Waals surface area contributed by atoms with Crippen molar-refractivity contribution in [3.63, 3.8) is 0 Å². The minimum Gasteiger partial charge on any atom is -0.487 e. The topological polar surface area (TPSA) is 83.5 Å². The van der Waals surface area contributed by atoms with Gasteiger partial charge < -0.3 is 20.5 Å². The molecule has 0 aliphatic heterocycles. The smallest absolute Gasteiger partial charge is 0.314 e. The van der Waals surface area contributed by atoms with Crippen LogP contribution in [-0.2, 0) is 6.61 Å². The molecule has 2 aromatic carbocycles. The van der Waals surface area contributed by atoms with Gasteiger partial charge in [0.15, 0.2) is 0 Å². The molecule has 0 radical (unpaired) electrons. The molecule has 0 bridgehead atoms. The second kappa shape index (κ2) is 8.31. The summed E-state index contributed by atoms with van der Waals surface area (Å²) in [5.41, 5.74) is 2.43. The van der Waals surface area contributed by atoms with Crippen LogP contribution in [0.15, 0.2) is 60.7 Å². The molecule has 0 fully saturated rings. The molecule has 6 nitrogen and oxygen atoms in total. The number of nitrogens with zero attached hydrogens (tertiary/aromatic N) is 1. The van der Waals surface area contributed by atoms with Gasteiger partial charge in [0.1, 0.15) is 12.4 Å². The number of pyridine rings is 1. The van der Waals surface area contributed by atoms with E-state index in [-0.39, 0.29) is 12.6 Å². The lowest BCUT2D eigenvalue weighted by Crippen LogP contribution is -2.35. The molecule has 6 heteroatoms. The highest BCUT2D eigenvalue weighted by molar-refractivity contribution is 5.78. The number of carbonyl (C=O) groups is 1. The zero-order chi connectivity index (χ0) is 18.4. The molecule has 134 valence electrons. The van der Waals surface area contributed by atoms with Crippen molar-refractivity contribution in [3.05, 3.63) is 71.9 Å². The van der Waals surface area contributed by atoms with Gasteiger partial charge >= 0.3 is 6.03 Å². The first-order valence-electron chi connectivity index (χ1n) is 8.37. The monoisotopic (exact) mass is 351 g/mol. The van der Waals surface area contributed by atoms with Crippen LogP contribution in [-0.4, -0.2) is 29.7 Å². The van der Waals surface area contributed by atoms with E-state index in [1.54, 1.807) is 12.1 Å². The first-order chi connectivity index (χ1) is 12.7. The van der Waals surface area contributed by atoms with Gasteiger partial charge in [0.05, 0.1) is 17.3 Å². The van der Waals surface area contributed by atoms with Crippen LogP contribution in [0.25, 0.3) is 10.9 Å². The average Bonchev–Trinajstić information content (AvgIpc) is 2.70. The molecule has 3 aromatic rings. The number of aliphatic hydroxyl groups excluding tert-OH is 1. The summed E-state index contributed by atoms with van der Waals surface area (Å²) >= 11 is 0. The number of amides is 2. The van der Waals surface area contributed by atoms with E-state index in [2.05, 4.69) is 15.6 Å². The maximum Gasteiger partial charge on any atom is 0.314 e. The molecule has 1 atom stereocenters. The molecule has 0 aliphatic carbocycles. The molecule has 26 heavy (non-hydrogen) atoms. The molecular formula is C20H21N3O3. The van der Waals surface area contributed by atoms with Crippen molar-refractivity contribution in [1.29, 1.82) is 0 Å². The molecule has 0 spiro atoms. The van der Waals surface area contributed by atoms with E-state index >= 15 is 0 Å². The predicted molar refractivity (Wildman–Crippen MR) is 99.9 cm³/mol. The third kappa shape index (κ3) is 4.49. The van der Waals surface area contributed by atoms with Gasteiger partial charge in [-0.25, -0.2) is 9.78 Å². The summed E-state index contributed by atoms with van der Waals surface area (Å²) in [4.78, 5) is 15.8. The number of fused-ring (bicyclic) bond motifs is 1. The number of aliphatic hydroxyl groups is 1. The maximum absolute atomic E-state index is 11.2. The minimum atomic E-state index is -0.811. The third-order valence-corrected chi connectivity index (χ3v) is 3.97. The lowest BCUT2D eigenvalue weighted by atomic mass is 10.1. The van der Waals surface area contributed by atoms with Crippen LogP contribution in [0.3, 0.4) is 0 Å². The lowest BCUT2D eigenvalue weighted by molar-refractivity contribution is 0.173. The second-order valence-electron chi connectivity index (χ2n) is 5.83. The van der Waals surface area contributed by atoms with E-state index in [0.29, 0.717) is 17.9 Å². The standard InChI is InChI=1S/C20H21N3O3/c1-21-20(25)22-12-19(24)15-6-4-7-17(11-15)26-13-16-10-9-14-5-2-3-8-18(14)23-16/h2-11,19,24H,12-13H2,1H3,(H2,21,22,25). The first kappa shape index (κ1) is 17.7. The molecule has 0 aliphatic rings. The molecule has 1 aromatic heterocycles. The van der Waals surface area contributed by atoms with Crippen molar-refractivity contribution in [3.8, 4) is 5.75 Å². The molecular weight excluding hydrogens is 330 g/mol. The summed E-state index contributed by atoms with van der Waals surface area (Å²) in [6.45, 7) is 0.455. The van der Waals surface area contributed by atoms with Crippen molar-refractivity contribution in [2.75, 3.05) is 13.6 Å². The minimum absolute atomic E-state index is 0.120. The number of rotatable bonds is 6. The summed E-state index contributed by atoms with van der Waals surface area (Å²) in [6.07, 6.45) is -0.811. The largest absolute Gasteiger partial charge is 0.487 e. The summed E-state index contributed by atoms with van der Waals surface area (Å²) in [5, 5.41) is 16.3. The fraction of sp³-hybridized carbons (Fsp3) is 0.200. The molecule has 3 rings (SSSR count). The van der Waals surface area contributed by atoms with Crippen molar-refractivity contribution in [2.24, 2.45) is 0 Å². The number of hydrogen-bond donors (Lipinski definition) is 3. The highest BCUT2D eigenvalue weighted by Crippen LogP contribution is 2.20. The van der Waals surface area contributed by atoms with Crippen LogP contribution in [0.5, 0.6) is 5.75 Å². The zero-order valence-corrected chi connectivity index (χ0v) is 14.5. The molecule has 1 heterocycles. The number of hydrogen-bond acceptors (Lipinski definition) is 4. The number of ether oxygens (including phenoxy) is 1. The normalized spacial score (nSPS) is 11.8. The number of aromatic nitrogens is 1. The van der Waals surface area contributed by atoms with E-state index < -0.39 is 6.10 Å². The average molecular weight is 351 g/mol. The van der Waals surface area contributed by atoms with E-state index in [1.807, 2.05) is 48.5 Å². The van der Waals surface area contributed by atoms with Crippen LogP contribution in [0.2, 0.25) is 0 Å². The Morgan fingerprint density at radius 2 is 2.00 bits per heavy atom. The zero-order valence-electron chi connectivity index (χ0n) is 14.5. The Kier molecular flexibility index (Phi) is 5.66. The van der Waals surface area contributed by atoms with Crippen molar-refractivity contribution < 1.29 is 14.6 Å². The van der Waals surface area contributed by atoms with E-state index in [4.69, 9.17) is 4.74 Å². The van der Waals surface area contributed by atoms with Crippen molar-refractivity contribution >= 4 is 16.9 Å². The molecule has 0 saturated carbocycles. The van der Waals surface area contributed by atoms with Gasteiger partial charge in [-0.2, -0.15) is 0 Å². The van der Waals surface area contributed by atoms with Gasteiger partial charge in [0.2, 0.25) is 0 Å². The molecule has 1 unspecified atom stereocenters. The Bertz CT molecular complexity index is 898. The van der Waals surface area contributed by atoms with Crippen molar-refractivity contribution in [2.45, 2.75) is 12.7 Å². The van der Waals surface area contributed by atoms with Crippen LogP contribution in [0.4, 0.5) is 4.79 Å². The third-order valence-electron chi connectivity index (χ3n) is 3.97. The second-order valence-corrected chi connectivity index (χ2v) is 5.83.